The van der Waals surface area contributed by atoms with Gasteiger partial charge in [-0.15, -0.1) is 0 Å². The summed E-state index contributed by atoms with van der Waals surface area (Å²) in [5.74, 6) is -2.19. The molecule has 1 N–H and O–H groups in total. The zero-order valence-corrected chi connectivity index (χ0v) is 28.5. The van der Waals surface area contributed by atoms with E-state index in [1.807, 2.05) is 58.0 Å². The van der Waals surface area contributed by atoms with Gasteiger partial charge in [0.15, 0.2) is 5.78 Å². The summed E-state index contributed by atoms with van der Waals surface area (Å²) < 4.78 is 30.8. The summed E-state index contributed by atoms with van der Waals surface area (Å²) in [6.45, 7) is 9.22. The normalized spacial score (nSPS) is 33.6. The van der Waals surface area contributed by atoms with E-state index in [0.29, 0.717) is 29.6 Å². The summed E-state index contributed by atoms with van der Waals surface area (Å²) in [5, 5.41) is 13.2. The van der Waals surface area contributed by atoms with Crippen LogP contribution in [0.3, 0.4) is 0 Å². The number of ether oxygens (including phenoxy) is 5. The number of benzene rings is 2. The second-order valence-electron chi connectivity index (χ2n) is 14.0. The molecule has 2 aromatic rings. The largest absolute Gasteiger partial charge is 0.458 e. The van der Waals surface area contributed by atoms with Crippen molar-refractivity contribution in [3.05, 3.63) is 82.9 Å². The van der Waals surface area contributed by atoms with Crippen LogP contribution in [-0.2, 0) is 39.7 Å². The van der Waals surface area contributed by atoms with E-state index in [0.717, 1.165) is 5.56 Å². The molecule has 47 heavy (non-hydrogen) atoms. The van der Waals surface area contributed by atoms with Crippen molar-refractivity contribution in [2.45, 2.75) is 96.4 Å². The molecule has 0 spiro atoms. The summed E-state index contributed by atoms with van der Waals surface area (Å²) >= 11 is 0. The Morgan fingerprint density at radius 2 is 1.60 bits per heavy atom. The summed E-state index contributed by atoms with van der Waals surface area (Å²) in [5.41, 5.74) is -1.84. The van der Waals surface area contributed by atoms with Crippen molar-refractivity contribution < 1.29 is 43.2 Å². The minimum Gasteiger partial charge on any atom is -0.458 e. The van der Waals surface area contributed by atoms with Crippen LogP contribution in [0.5, 0.6) is 0 Å². The van der Waals surface area contributed by atoms with Crippen LogP contribution in [0, 0.1) is 16.7 Å². The number of hydrogen-bond donors (Lipinski definition) is 1. The van der Waals surface area contributed by atoms with Crippen LogP contribution < -0.4 is 0 Å². The molecule has 0 radical (unpaired) electrons. The number of methoxy groups -OCH3 is 2. The highest BCUT2D eigenvalue weighted by Crippen LogP contribution is 2.59. The molecule has 2 bridgehead atoms. The Kier molecular flexibility index (Phi) is 10.1. The maximum Gasteiger partial charge on any atom is 0.338 e. The predicted molar refractivity (Wildman–Crippen MR) is 175 cm³/mol. The Morgan fingerprint density at radius 1 is 0.957 bits per heavy atom. The summed E-state index contributed by atoms with van der Waals surface area (Å²) in [7, 11) is 3.02. The highest BCUT2D eigenvalue weighted by atomic mass is 16.6. The fourth-order valence-corrected chi connectivity index (χ4v) is 8.12. The fourth-order valence-electron chi connectivity index (χ4n) is 8.12. The number of esters is 2. The SMILES string of the molecule is CO[C@H]1C(=O)C2(C)C(CO[C@@H](C)C[C@@H]2OC)[C@H](OC(=O)c2ccccc2)[C@]2(O)C[C@H](OC(=O)CCc3ccccc3)C(C)=C1C2(C)C. The first-order valence-electron chi connectivity index (χ1n) is 16.4. The van der Waals surface area contributed by atoms with Crippen molar-refractivity contribution >= 4 is 17.7 Å². The number of ketones is 1. The number of carbonyl (C=O) groups excluding carboxylic acids is 3. The van der Waals surface area contributed by atoms with E-state index in [1.165, 1.54) is 7.11 Å². The molecule has 0 amide bonds. The minimum atomic E-state index is -1.82. The minimum absolute atomic E-state index is 0.0182. The fraction of sp³-hybridized carbons (Fsp3) is 0.553. The molecule has 9 nitrogen and oxygen atoms in total. The highest BCUT2D eigenvalue weighted by molar-refractivity contribution is 5.94. The second kappa shape index (κ2) is 13.6. The molecule has 2 aromatic carbocycles. The van der Waals surface area contributed by atoms with Gasteiger partial charge in [-0.25, -0.2) is 4.79 Å². The standard InChI is InChI=1S/C38H48O9/c1-23-20-29(43-6)37(5)27(22-45-23)34(47-35(41)26-16-12-9-13-17-26)38(42)21-28(46-30(39)19-18-25-14-10-8-11-15-25)24(2)31(36(38,3)4)32(44-7)33(37)40/h8-17,23,27-29,32,34,42H,18-22H2,1-7H3/t23-,27?,28-,29-,32+,34-,37?,38+/m0/s1. The molecule has 254 valence electrons. The van der Waals surface area contributed by atoms with E-state index in [4.69, 9.17) is 23.7 Å². The van der Waals surface area contributed by atoms with Crippen molar-refractivity contribution in [3.8, 4) is 0 Å². The van der Waals surface area contributed by atoms with E-state index in [9.17, 15) is 14.7 Å². The van der Waals surface area contributed by atoms with Gasteiger partial charge in [-0.3, -0.25) is 9.59 Å². The number of aliphatic hydroxyl groups is 1. The molecule has 9 heteroatoms. The maximum absolute atomic E-state index is 15.0. The van der Waals surface area contributed by atoms with Crippen LogP contribution in [0.15, 0.2) is 71.8 Å². The van der Waals surface area contributed by atoms with Gasteiger partial charge in [0.1, 0.15) is 23.9 Å². The third-order valence-corrected chi connectivity index (χ3v) is 11.1. The highest BCUT2D eigenvalue weighted by Gasteiger charge is 2.69. The van der Waals surface area contributed by atoms with Crippen LogP contribution in [0.4, 0.5) is 0 Å². The summed E-state index contributed by atoms with van der Waals surface area (Å²) in [6.07, 6.45) is -3.19. The number of aryl methyl sites for hydroxylation is 1. The number of rotatable bonds is 8. The lowest BCUT2D eigenvalue weighted by Gasteiger charge is -2.59. The van der Waals surface area contributed by atoms with E-state index in [1.54, 1.807) is 44.4 Å². The molecule has 1 saturated heterocycles. The first-order chi connectivity index (χ1) is 22.3. The van der Waals surface area contributed by atoms with Crippen molar-refractivity contribution in [3.63, 3.8) is 0 Å². The third-order valence-electron chi connectivity index (χ3n) is 11.1. The lowest BCUT2D eigenvalue weighted by Crippen LogP contribution is -2.70. The summed E-state index contributed by atoms with van der Waals surface area (Å²) in [6, 6.07) is 18.2. The molecule has 5 rings (SSSR count). The van der Waals surface area contributed by atoms with Crippen molar-refractivity contribution in [2.24, 2.45) is 16.7 Å². The molecule has 3 aliphatic rings. The number of fused-ring (bicyclic) bond motifs is 3. The van der Waals surface area contributed by atoms with Crippen LogP contribution in [0.25, 0.3) is 0 Å². The Balaban J connectivity index is 1.65. The van der Waals surface area contributed by atoms with Crippen LogP contribution >= 0.6 is 0 Å². The average Bonchev–Trinajstić information content (AvgIpc) is 3.19. The van der Waals surface area contributed by atoms with Crippen LogP contribution in [0.2, 0.25) is 0 Å². The lowest BCUT2D eigenvalue weighted by atomic mass is 9.50. The first kappa shape index (κ1) is 35.0. The van der Waals surface area contributed by atoms with Gasteiger partial charge < -0.3 is 28.8 Å². The van der Waals surface area contributed by atoms with Gasteiger partial charge in [0.2, 0.25) is 0 Å². The zero-order chi connectivity index (χ0) is 34.1. The quantitative estimate of drug-likeness (QED) is 0.302. The Labute approximate surface area is 277 Å². The Bertz CT molecular complexity index is 1480. The van der Waals surface area contributed by atoms with E-state index in [-0.39, 0.29) is 31.3 Å². The maximum atomic E-state index is 15.0. The molecule has 0 aromatic heterocycles. The number of Topliss-reactive ketones (excluding diaryl/α,β-unsaturated/α-hetero) is 1. The zero-order valence-electron chi connectivity index (χ0n) is 28.5. The number of hydrogen-bond acceptors (Lipinski definition) is 9. The van der Waals surface area contributed by atoms with E-state index < -0.39 is 58.7 Å². The number of carbonyl (C=O) groups is 3. The van der Waals surface area contributed by atoms with Gasteiger partial charge in [0.25, 0.3) is 0 Å². The van der Waals surface area contributed by atoms with Crippen molar-refractivity contribution in [1.29, 1.82) is 0 Å². The van der Waals surface area contributed by atoms with E-state index in [2.05, 4.69) is 0 Å². The van der Waals surface area contributed by atoms with Crippen molar-refractivity contribution in [2.75, 3.05) is 20.8 Å². The lowest BCUT2D eigenvalue weighted by molar-refractivity contribution is -0.220. The van der Waals surface area contributed by atoms with Crippen molar-refractivity contribution in [1.82, 2.24) is 0 Å². The molecular formula is C38H48O9. The molecule has 1 heterocycles. The van der Waals surface area contributed by atoms with Gasteiger partial charge in [-0.2, -0.15) is 0 Å². The monoisotopic (exact) mass is 648 g/mol. The smallest absolute Gasteiger partial charge is 0.338 e. The Morgan fingerprint density at radius 3 is 2.21 bits per heavy atom. The first-order valence-corrected chi connectivity index (χ1v) is 16.4. The average molecular weight is 649 g/mol. The van der Waals surface area contributed by atoms with Gasteiger partial charge in [0.05, 0.1) is 29.8 Å². The van der Waals surface area contributed by atoms with Crippen LogP contribution in [-0.4, -0.2) is 79.8 Å². The molecular weight excluding hydrogens is 600 g/mol. The van der Waals surface area contributed by atoms with E-state index >= 15 is 4.79 Å². The second-order valence-corrected chi connectivity index (χ2v) is 14.0. The molecule has 2 unspecified atom stereocenters. The Hall–Kier alpha value is -3.37. The van der Waals surface area contributed by atoms with Crippen LogP contribution in [0.1, 0.15) is 69.8 Å². The molecule has 2 aliphatic carbocycles. The van der Waals surface area contributed by atoms with Gasteiger partial charge in [-0.1, -0.05) is 62.4 Å². The molecule has 2 fully saturated rings. The van der Waals surface area contributed by atoms with Gasteiger partial charge >= 0.3 is 11.9 Å². The molecule has 8 atom stereocenters. The third kappa shape index (κ3) is 6.19. The predicted octanol–water partition coefficient (Wildman–Crippen LogP) is 5.28. The summed E-state index contributed by atoms with van der Waals surface area (Å²) in [4.78, 5) is 42.2. The van der Waals surface area contributed by atoms with Gasteiger partial charge in [0, 0.05) is 44.8 Å². The molecule has 1 aliphatic heterocycles. The molecule has 1 saturated carbocycles. The van der Waals surface area contributed by atoms with Gasteiger partial charge in [-0.05, 0) is 56.0 Å². The topological polar surface area (TPSA) is 118 Å².